The molecule has 0 spiro atoms. The minimum atomic E-state index is -0.843. The fourth-order valence-corrected chi connectivity index (χ4v) is 3.13. The second-order valence-electron chi connectivity index (χ2n) is 7.64. The van der Waals surface area contributed by atoms with Gasteiger partial charge in [0.1, 0.15) is 17.3 Å². The Labute approximate surface area is 170 Å². The van der Waals surface area contributed by atoms with E-state index in [1.54, 1.807) is 4.90 Å². The van der Waals surface area contributed by atoms with Crippen molar-refractivity contribution in [3.05, 3.63) is 29.8 Å². The zero-order chi connectivity index (χ0) is 21.4. The fourth-order valence-electron chi connectivity index (χ4n) is 3.13. The number of likely N-dealkylation sites (N-methyl/N-ethyl adjacent to an activating group) is 1. The van der Waals surface area contributed by atoms with Crippen LogP contribution in [-0.4, -0.2) is 79.6 Å². The van der Waals surface area contributed by atoms with Crippen molar-refractivity contribution in [2.45, 2.75) is 26.3 Å². The van der Waals surface area contributed by atoms with Gasteiger partial charge in [0.05, 0.1) is 26.3 Å². The van der Waals surface area contributed by atoms with E-state index in [2.05, 4.69) is 29.4 Å². The normalized spacial score (nSPS) is 15.4. The molecule has 0 saturated carbocycles. The summed E-state index contributed by atoms with van der Waals surface area (Å²) in [5.74, 6) is -2.48. The fraction of sp³-hybridized carbons (Fsp3) is 0.600. The first-order chi connectivity index (χ1) is 13.7. The molecule has 162 valence electrons. The second-order valence-corrected chi connectivity index (χ2v) is 7.64. The number of para-hydroxylation sites is 1. The number of hydrogen-bond donors (Lipinski definition) is 2. The van der Waals surface area contributed by atoms with E-state index in [1.807, 2.05) is 6.92 Å². The van der Waals surface area contributed by atoms with Crippen LogP contribution < -0.4 is 10.6 Å². The average molecular weight is 412 g/mol. The lowest BCUT2D eigenvalue weighted by Crippen LogP contribution is -2.56. The number of benzene rings is 1. The minimum Gasteiger partial charge on any atom is -0.379 e. The summed E-state index contributed by atoms with van der Waals surface area (Å²) < 4.78 is 32.7. The Balaban J connectivity index is 1.82. The van der Waals surface area contributed by atoms with E-state index in [9.17, 15) is 18.4 Å². The van der Waals surface area contributed by atoms with Crippen molar-refractivity contribution in [3.63, 3.8) is 0 Å². The summed E-state index contributed by atoms with van der Waals surface area (Å²) >= 11 is 0. The highest BCUT2D eigenvalue weighted by Gasteiger charge is 2.28. The van der Waals surface area contributed by atoms with Crippen LogP contribution >= 0.6 is 0 Å². The van der Waals surface area contributed by atoms with Crippen LogP contribution in [-0.2, 0) is 14.3 Å². The number of amides is 2. The monoisotopic (exact) mass is 412 g/mol. The summed E-state index contributed by atoms with van der Waals surface area (Å²) in [4.78, 5) is 28.4. The van der Waals surface area contributed by atoms with Gasteiger partial charge in [0.15, 0.2) is 0 Å². The van der Waals surface area contributed by atoms with Gasteiger partial charge < -0.3 is 15.4 Å². The van der Waals surface area contributed by atoms with Crippen molar-refractivity contribution in [1.82, 2.24) is 15.1 Å². The number of hydrogen-bond acceptors (Lipinski definition) is 5. The predicted octanol–water partition coefficient (Wildman–Crippen LogP) is 1.45. The Kier molecular flexibility index (Phi) is 8.48. The first kappa shape index (κ1) is 23.2. The van der Waals surface area contributed by atoms with Crippen LogP contribution in [0.25, 0.3) is 0 Å². The maximum absolute atomic E-state index is 13.7. The maximum atomic E-state index is 13.7. The van der Waals surface area contributed by atoms with Crippen LogP contribution in [0, 0.1) is 11.6 Å². The maximum Gasteiger partial charge on any atom is 0.238 e. The van der Waals surface area contributed by atoms with Crippen LogP contribution in [0.1, 0.15) is 20.8 Å². The number of nitrogens with one attached hydrogen (secondary N) is 2. The number of morpholine rings is 1. The molecule has 2 N–H and O–H groups in total. The molecule has 7 nitrogen and oxygen atoms in total. The van der Waals surface area contributed by atoms with E-state index in [0.29, 0.717) is 26.3 Å². The van der Waals surface area contributed by atoms with Crippen molar-refractivity contribution >= 4 is 17.5 Å². The zero-order valence-corrected chi connectivity index (χ0v) is 17.3. The molecule has 29 heavy (non-hydrogen) atoms. The average Bonchev–Trinajstić information content (AvgIpc) is 2.69. The summed E-state index contributed by atoms with van der Waals surface area (Å²) in [5, 5.41) is 5.15. The molecular formula is C20H30F2N4O3. The molecule has 0 radical (unpaired) electrons. The molecule has 2 rings (SSSR count). The smallest absolute Gasteiger partial charge is 0.238 e. The van der Waals surface area contributed by atoms with E-state index in [0.717, 1.165) is 25.2 Å². The number of halogens is 2. The van der Waals surface area contributed by atoms with Crippen LogP contribution in [0.2, 0.25) is 0 Å². The Morgan fingerprint density at radius 2 is 1.72 bits per heavy atom. The number of nitrogens with zero attached hydrogens (tertiary/aromatic N) is 2. The summed E-state index contributed by atoms with van der Waals surface area (Å²) in [6.07, 6.45) is 0. The molecule has 0 unspecified atom stereocenters. The molecule has 9 heteroatoms. The molecule has 1 aliphatic heterocycles. The molecule has 1 heterocycles. The summed E-state index contributed by atoms with van der Waals surface area (Å²) in [6.45, 7) is 9.70. The second kappa shape index (κ2) is 10.6. The van der Waals surface area contributed by atoms with Crippen LogP contribution in [0.5, 0.6) is 0 Å². The SMILES string of the molecule is CCN(CC(=O)NCC(C)(C)N1CCOCC1)CC(=O)Nc1c(F)cccc1F. The standard InChI is InChI=1S/C20H30F2N4O3/c1-4-25(13-18(28)24-19-15(21)6-5-7-16(19)22)12-17(27)23-14-20(2,3)26-8-10-29-11-9-26/h5-7H,4,8-14H2,1-3H3,(H,23,27)(H,24,28). The van der Waals surface area contributed by atoms with Crippen molar-refractivity contribution in [2.75, 3.05) is 57.8 Å². The number of ether oxygens (including phenoxy) is 1. The van der Waals surface area contributed by atoms with Gasteiger partial charge in [0.25, 0.3) is 0 Å². The van der Waals surface area contributed by atoms with Gasteiger partial charge in [-0.15, -0.1) is 0 Å². The van der Waals surface area contributed by atoms with Crippen LogP contribution in [0.15, 0.2) is 18.2 Å². The highest BCUT2D eigenvalue weighted by Crippen LogP contribution is 2.18. The van der Waals surface area contributed by atoms with Crippen molar-refractivity contribution < 1.29 is 23.1 Å². The van der Waals surface area contributed by atoms with Crippen LogP contribution in [0.3, 0.4) is 0 Å². The topological polar surface area (TPSA) is 73.9 Å². The third-order valence-electron chi connectivity index (χ3n) is 4.99. The molecular weight excluding hydrogens is 382 g/mol. The number of carbonyl (C=O) groups is 2. The van der Waals surface area contributed by atoms with Gasteiger partial charge in [-0.25, -0.2) is 8.78 Å². The zero-order valence-electron chi connectivity index (χ0n) is 17.3. The van der Waals surface area contributed by atoms with E-state index in [1.165, 1.54) is 6.07 Å². The van der Waals surface area contributed by atoms with E-state index >= 15 is 0 Å². The highest BCUT2D eigenvalue weighted by atomic mass is 19.1. The molecule has 0 aliphatic carbocycles. The molecule has 1 aromatic carbocycles. The van der Waals surface area contributed by atoms with Gasteiger partial charge in [-0.1, -0.05) is 13.0 Å². The molecule has 2 amide bonds. The van der Waals surface area contributed by atoms with E-state index in [-0.39, 0.29) is 24.5 Å². The predicted molar refractivity (Wildman–Crippen MR) is 107 cm³/mol. The molecule has 1 fully saturated rings. The van der Waals surface area contributed by atoms with E-state index in [4.69, 9.17) is 4.74 Å². The molecule has 0 bridgehead atoms. The van der Waals surface area contributed by atoms with Gasteiger partial charge in [-0.05, 0) is 32.5 Å². The Morgan fingerprint density at radius 3 is 2.31 bits per heavy atom. The summed E-state index contributed by atoms with van der Waals surface area (Å²) in [5.41, 5.74) is -0.693. The molecule has 1 saturated heterocycles. The van der Waals surface area contributed by atoms with Gasteiger partial charge in [-0.3, -0.25) is 19.4 Å². The molecule has 1 aliphatic rings. The summed E-state index contributed by atoms with van der Waals surface area (Å²) in [7, 11) is 0. The third kappa shape index (κ3) is 7.02. The van der Waals surface area contributed by atoms with Crippen molar-refractivity contribution in [2.24, 2.45) is 0 Å². The lowest BCUT2D eigenvalue weighted by atomic mass is 10.0. The first-order valence-electron chi connectivity index (χ1n) is 9.78. The lowest BCUT2D eigenvalue weighted by molar-refractivity contribution is -0.124. The van der Waals surface area contributed by atoms with Crippen molar-refractivity contribution in [1.29, 1.82) is 0 Å². The highest BCUT2D eigenvalue weighted by molar-refractivity contribution is 5.92. The Morgan fingerprint density at radius 1 is 1.14 bits per heavy atom. The lowest BCUT2D eigenvalue weighted by Gasteiger charge is -2.41. The Bertz CT molecular complexity index is 689. The molecule has 1 aromatic rings. The third-order valence-corrected chi connectivity index (χ3v) is 4.99. The summed E-state index contributed by atoms with van der Waals surface area (Å²) in [6, 6.07) is 3.36. The Hall–Kier alpha value is -2.10. The number of carbonyl (C=O) groups excluding carboxylic acids is 2. The van der Waals surface area contributed by atoms with Gasteiger partial charge >= 0.3 is 0 Å². The van der Waals surface area contributed by atoms with Crippen LogP contribution in [0.4, 0.5) is 14.5 Å². The minimum absolute atomic E-state index is 0.0167. The van der Waals surface area contributed by atoms with Gasteiger partial charge in [0.2, 0.25) is 11.8 Å². The van der Waals surface area contributed by atoms with Gasteiger partial charge in [-0.2, -0.15) is 0 Å². The van der Waals surface area contributed by atoms with Crippen molar-refractivity contribution in [3.8, 4) is 0 Å². The number of rotatable bonds is 9. The number of anilines is 1. The largest absolute Gasteiger partial charge is 0.379 e. The quantitative estimate of drug-likeness (QED) is 0.642. The molecule has 0 atom stereocenters. The molecule has 0 aromatic heterocycles. The van der Waals surface area contributed by atoms with Gasteiger partial charge in [0, 0.05) is 25.2 Å². The first-order valence-corrected chi connectivity index (χ1v) is 9.78. The van der Waals surface area contributed by atoms with E-state index < -0.39 is 23.2 Å².